The highest BCUT2D eigenvalue weighted by atomic mass is 19.1. The van der Waals surface area contributed by atoms with Crippen LogP contribution in [0.3, 0.4) is 0 Å². The molecule has 0 saturated heterocycles. The molecule has 0 saturated carbocycles. The van der Waals surface area contributed by atoms with Gasteiger partial charge < -0.3 is 10.6 Å². The van der Waals surface area contributed by atoms with Crippen molar-refractivity contribution >= 4 is 17.5 Å². The Bertz CT molecular complexity index is 965. The first-order valence-corrected chi connectivity index (χ1v) is 8.26. The average molecular weight is 361 g/mol. The van der Waals surface area contributed by atoms with Crippen molar-refractivity contribution in [1.29, 1.82) is 5.26 Å². The number of aromatic nitrogens is 2. The van der Waals surface area contributed by atoms with Crippen molar-refractivity contribution in [2.75, 3.05) is 17.2 Å². The first-order valence-electron chi connectivity index (χ1n) is 8.26. The fraction of sp³-hybridized carbons (Fsp3) is 0.100. The van der Waals surface area contributed by atoms with Crippen molar-refractivity contribution in [2.45, 2.75) is 6.42 Å². The molecule has 1 amide bonds. The van der Waals surface area contributed by atoms with E-state index < -0.39 is 5.91 Å². The summed E-state index contributed by atoms with van der Waals surface area (Å²) in [7, 11) is 0. The molecule has 0 fully saturated rings. The van der Waals surface area contributed by atoms with E-state index in [1.807, 2.05) is 6.07 Å². The van der Waals surface area contributed by atoms with Gasteiger partial charge in [0.15, 0.2) is 0 Å². The molecule has 0 unspecified atom stereocenters. The zero-order valence-corrected chi connectivity index (χ0v) is 14.3. The van der Waals surface area contributed by atoms with Gasteiger partial charge in [-0.15, -0.1) is 0 Å². The molecule has 3 aromatic rings. The zero-order valence-electron chi connectivity index (χ0n) is 14.3. The van der Waals surface area contributed by atoms with Gasteiger partial charge in [-0.3, -0.25) is 4.79 Å². The molecule has 7 heteroatoms. The van der Waals surface area contributed by atoms with Crippen molar-refractivity contribution in [3.63, 3.8) is 0 Å². The van der Waals surface area contributed by atoms with E-state index in [1.54, 1.807) is 36.4 Å². The molecule has 6 nitrogen and oxygen atoms in total. The minimum absolute atomic E-state index is 0.263. The van der Waals surface area contributed by atoms with Crippen molar-refractivity contribution in [3.8, 4) is 6.07 Å². The number of nitriles is 1. The number of nitrogens with zero attached hydrogens (tertiary/aromatic N) is 3. The number of carbonyl (C=O) groups is 1. The Hall–Kier alpha value is -3.79. The minimum Gasteiger partial charge on any atom is -0.354 e. The molecule has 134 valence electrons. The predicted octanol–water partition coefficient (Wildman–Crippen LogP) is 3.39. The van der Waals surface area contributed by atoms with Crippen LogP contribution in [0, 0.1) is 17.1 Å². The molecule has 27 heavy (non-hydrogen) atoms. The molecule has 1 heterocycles. The van der Waals surface area contributed by atoms with Gasteiger partial charge in [0.05, 0.1) is 16.8 Å². The number of carbonyl (C=O) groups excluding carboxylic acids is 1. The van der Waals surface area contributed by atoms with Crippen LogP contribution < -0.4 is 10.6 Å². The molecule has 0 aliphatic heterocycles. The van der Waals surface area contributed by atoms with E-state index in [4.69, 9.17) is 5.26 Å². The van der Waals surface area contributed by atoms with Crippen LogP contribution in [0.4, 0.5) is 16.0 Å². The Balaban J connectivity index is 1.55. The lowest BCUT2D eigenvalue weighted by Crippen LogP contribution is -2.14. The molecular weight excluding hydrogens is 345 g/mol. The average Bonchev–Trinajstić information content (AvgIpc) is 2.70. The van der Waals surface area contributed by atoms with Crippen molar-refractivity contribution < 1.29 is 9.18 Å². The number of benzene rings is 2. The van der Waals surface area contributed by atoms with Crippen LogP contribution >= 0.6 is 0 Å². The van der Waals surface area contributed by atoms with Gasteiger partial charge in [0.1, 0.15) is 11.9 Å². The summed E-state index contributed by atoms with van der Waals surface area (Å²) in [5.41, 5.74) is 2.10. The van der Waals surface area contributed by atoms with Crippen molar-refractivity contribution in [2.24, 2.45) is 0 Å². The molecular formula is C20H16FN5O. The van der Waals surface area contributed by atoms with Crippen LogP contribution in [0.15, 0.2) is 60.9 Å². The number of anilines is 2. The summed E-state index contributed by atoms with van der Waals surface area (Å²) in [5, 5.41) is 14.8. The van der Waals surface area contributed by atoms with Crippen LogP contribution in [0.1, 0.15) is 21.5 Å². The second kappa shape index (κ2) is 8.54. The van der Waals surface area contributed by atoms with E-state index in [-0.39, 0.29) is 11.4 Å². The van der Waals surface area contributed by atoms with Gasteiger partial charge in [-0.2, -0.15) is 5.26 Å². The molecule has 0 aliphatic carbocycles. The summed E-state index contributed by atoms with van der Waals surface area (Å²) in [4.78, 5) is 20.5. The first-order chi connectivity index (χ1) is 13.2. The monoisotopic (exact) mass is 361 g/mol. The fourth-order valence-electron chi connectivity index (χ4n) is 2.39. The topological polar surface area (TPSA) is 90.7 Å². The molecule has 0 bridgehead atoms. The second-order valence-corrected chi connectivity index (χ2v) is 5.71. The summed E-state index contributed by atoms with van der Waals surface area (Å²) in [6.45, 7) is 0.576. The Labute approximate surface area is 155 Å². The third kappa shape index (κ3) is 4.86. The summed E-state index contributed by atoms with van der Waals surface area (Å²) < 4.78 is 12.9. The van der Waals surface area contributed by atoms with E-state index in [0.717, 1.165) is 5.56 Å². The predicted molar refractivity (Wildman–Crippen MR) is 99.7 cm³/mol. The lowest BCUT2D eigenvalue weighted by atomic mass is 10.1. The van der Waals surface area contributed by atoms with E-state index in [1.165, 1.54) is 24.5 Å². The third-order valence-corrected chi connectivity index (χ3v) is 3.82. The number of hydrogen-bond acceptors (Lipinski definition) is 5. The van der Waals surface area contributed by atoms with Gasteiger partial charge in [-0.25, -0.2) is 14.4 Å². The number of para-hydroxylation sites is 1. The third-order valence-electron chi connectivity index (χ3n) is 3.82. The van der Waals surface area contributed by atoms with Crippen LogP contribution in [0.2, 0.25) is 0 Å². The van der Waals surface area contributed by atoms with Gasteiger partial charge in [0.2, 0.25) is 5.95 Å². The molecule has 2 aromatic carbocycles. The Kier molecular flexibility index (Phi) is 5.70. The Morgan fingerprint density at radius 1 is 1.07 bits per heavy atom. The molecule has 2 N–H and O–H groups in total. The summed E-state index contributed by atoms with van der Waals surface area (Å²) >= 11 is 0. The molecule has 1 aromatic heterocycles. The molecule has 3 rings (SSSR count). The molecule has 0 radical (unpaired) electrons. The summed E-state index contributed by atoms with van der Waals surface area (Å²) in [6, 6.07) is 15.1. The number of rotatable bonds is 6. The molecule has 0 spiro atoms. The standard InChI is InChI=1S/C20H16FN5O/c21-17-7-5-14(6-8-17)9-10-23-20-24-12-16(13-25-20)19(27)26-18-4-2-1-3-15(18)11-22/h1-8,12-13H,9-10H2,(H,26,27)(H,23,24,25). The number of hydrogen-bond donors (Lipinski definition) is 2. The lowest BCUT2D eigenvalue weighted by molar-refractivity contribution is 0.102. The minimum atomic E-state index is -0.393. The zero-order chi connectivity index (χ0) is 19.1. The van der Waals surface area contributed by atoms with Crippen molar-refractivity contribution in [1.82, 2.24) is 9.97 Å². The van der Waals surface area contributed by atoms with Crippen LogP contribution in [0.5, 0.6) is 0 Å². The van der Waals surface area contributed by atoms with Crippen LogP contribution in [-0.2, 0) is 6.42 Å². The van der Waals surface area contributed by atoms with Gasteiger partial charge in [0.25, 0.3) is 5.91 Å². The highest BCUT2D eigenvalue weighted by Crippen LogP contribution is 2.15. The van der Waals surface area contributed by atoms with Gasteiger partial charge >= 0.3 is 0 Å². The van der Waals surface area contributed by atoms with E-state index >= 15 is 0 Å². The first kappa shape index (κ1) is 18.0. The van der Waals surface area contributed by atoms with E-state index in [2.05, 4.69) is 20.6 Å². The highest BCUT2D eigenvalue weighted by Gasteiger charge is 2.10. The van der Waals surface area contributed by atoms with Crippen LogP contribution in [-0.4, -0.2) is 22.4 Å². The van der Waals surface area contributed by atoms with Crippen molar-refractivity contribution in [3.05, 3.63) is 83.4 Å². The van der Waals surface area contributed by atoms with Gasteiger partial charge in [-0.05, 0) is 36.2 Å². The van der Waals surface area contributed by atoms with E-state index in [9.17, 15) is 9.18 Å². The molecule has 0 aliphatic rings. The largest absolute Gasteiger partial charge is 0.354 e. The maximum absolute atomic E-state index is 12.9. The summed E-state index contributed by atoms with van der Waals surface area (Å²) in [5.74, 6) is -0.261. The quantitative estimate of drug-likeness (QED) is 0.702. The Morgan fingerprint density at radius 2 is 1.78 bits per heavy atom. The number of amides is 1. The smallest absolute Gasteiger partial charge is 0.258 e. The summed E-state index contributed by atoms with van der Waals surface area (Å²) in [6.07, 6.45) is 3.52. The SMILES string of the molecule is N#Cc1ccccc1NC(=O)c1cnc(NCCc2ccc(F)cc2)nc1. The normalized spacial score (nSPS) is 10.1. The molecule has 0 atom stereocenters. The van der Waals surface area contributed by atoms with Gasteiger partial charge in [0, 0.05) is 18.9 Å². The van der Waals surface area contributed by atoms with Crippen LogP contribution in [0.25, 0.3) is 0 Å². The van der Waals surface area contributed by atoms with E-state index in [0.29, 0.717) is 30.2 Å². The van der Waals surface area contributed by atoms with Gasteiger partial charge in [-0.1, -0.05) is 24.3 Å². The highest BCUT2D eigenvalue weighted by molar-refractivity contribution is 6.04. The fourth-order valence-corrected chi connectivity index (χ4v) is 2.39. The maximum Gasteiger partial charge on any atom is 0.258 e. The second-order valence-electron chi connectivity index (χ2n) is 5.71. The number of nitrogens with one attached hydrogen (secondary N) is 2. The maximum atomic E-state index is 12.9. The lowest BCUT2D eigenvalue weighted by Gasteiger charge is -2.08. The number of halogens is 1. The Morgan fingerprint density at radius 3 is 2.48 bits per heavy atom.